The maximum atomic E-state index is 11.0. The lowest BCUT2D eigenvalue weighted by Crippen LogP contribution is -2.19. The number of esters is 1. The first-order valence-corrected chi connectivity index (χ1v) is 9.72. The summed E-state index contributed by atoms with van der Waals surface area (Å²) in [6, 6.07) is 16.2. The molecule has 2 aromatic rings. The highest BCUT2D eigenvalue weighted by Crippen LogP contribution is 2.34. The van der Waals surface area contributed by atoms with Crippen molar-refractivity contribution in [2.45, 2.75) is 31.8 Å². The van der Waals surface area contributed by atoms with Crippen LogP contribution in [0.5, 0.6) is 11.5 Å². The van der Waals surface area contributed by atoms with Crippen LogP contribution in [0.2, 0.25) is 0 Å². The molecule has 5 nitrogen and oxygen atoms in total. The topological polar surface area (TPSA) is 57.3 Å². The second kappa shape index (κ2) is 8.70. The molecule has 154 valence electrons. The zero-order valence-electron chi connectivity index (χ0n) is 17.3. The molecule has 1 heterocycles. The molecule has 1 atom stereocenters. The molecule has 1 saturated heterocycles. The van der Waals surface area contributed by atoms with Gasteiger partial charge in [-0.25, -0.2) is 4.79 Å². The summed E-state index contributed by atoms with van der Waals surface area (Å²) in [6.45, 7) is 11.6. The third-order valence-corrected chi connectivity index (χ3v) is 5.10. The van der Waals surface area contributed by atoms with E-state index in [-0.39, 0.29) is 17.6 Å². The first-order valence-electron chi connectivity index (χ1n) is 9.72. The van der Waals surface area contributed by atoms with E-state index in [9.17, 15) is 4.79 Å². The number of carbonyl (C=O) groups excluding carboxylic acids is 1. The fraction of sp³-hybridized carbons (Fsp3) is 0.375. The second-order valence-corrected chi connectivity index (χ2v) is 7.92. The number of hydrogen-bond acceptors (Lipinski definition) is 5. The maximum Gasteiger partial charge on any atom is 0.330 e. The standard InChI is InChI=1S/C24H28O5/c1-5-22(25)27-15-14-26-20-10-6-18(7-11-20)23(2,3)19-8-12-21(13-9-19)28-16-24(4)17-29-24/h5-13H,1,14-17H2,2-4H3. The van der Waals surface area contributed by atoms with Gasteiger partial charge in [0.05, 0.1) is 6.61 Å². The molecular formula is C24H28O5. The first kappa shape index (κ1) is 20.9. The fourth-order valence-corrected chi connectivity index (χ4v) is 2.91. The smallest absolute Gasteiger partial charge is 0.330 e. The van der Waals surface area contributed by atoms with E-state index >= 15 is 0 Å². The van der Waals surface area contributed by atoms with Crippen molar-refractivity contribution in [1.82, 2.24) is 0 Å². The van der Waals surface area contributed by atoms with Crippen molar-refractivity contribution < 1.29 is 23.7 Å². The highest BCUT2D eigenvalue weighted by atomic mass is 16.6. The van der Waals surface area contributed by atoms with Gasteiger partial charge in [0.1, 0.15) is 36.9 Å². The molecule has 29 heavy (non-hydrogen) atoms. The van der Waals surface area contributed by atoms with Gasteiger partial charge in [0.15, 0.2) is 0 Å². The molecule has 0 aliphatic carbocycles. The Balaban J connectivity index is 1.56. The van der Waals surface area contributed by atoms with E-state index in [1.54, 1.807) is 0 Å². The molecule has 0 saturated carbocycles. The zero-order valence-corrected chi connectivity index (χ0v) is 17.3. The molecule has 0 amide bonds. The van der Waals surface area contributed by atoms with Crippen molar-refractivity contribution in [3.05, 3.63) is 72.3 Å². The molecule has 0 N–H and O–H groups in total. The van der Waals surface area contributed by atoms with E-state index in [1.165, 1.54) is 11.1 Å². The van der Waals surface area contributed by atoms with E-state index in [1.807, 2.05) is 31.2 Å². The van der Waals surface area contributed by atoms with E-state index in [0.29, 0.717) is 13.2 Å². The summed E-state index contributed by atoms with van der Waals surface area (Å²) in [5, 5.41) is 0. The summed E-state index contributed by atoms with van der Waals surface area (Å²) in [7, 11) is 0. The lowest BCUT2D eigenvalue weighted by Gasteiger charge is -2.26. The van der Waals surface area contributed by atoms with E-state index in [0.717, 1.165) is 24.2 Å². The van der Waals surface area contributed by atoms with Gasteiger partial charge in [0, 0.05) is 11.5 Å². The third-order valence-electron chi connectivity index (χ3n) is 5.10. The van der Waals surface area contributed by atoms with Crippen molar-refractivity contribution in [3.63, 3.8) is 0 Å². The summed E-state index contributed by atoms with van der Waals surface area (Å²) in [4.78, 5) is 11.0. The third kappa shape index (κ3) is 5.61. The van der Waals surface area contributed by atoms with Crippen molar-refractivity contribution in [3.8, 4) is 11.5 Å². The minimum absolute atomic E-state index is 0.116. The van der Waals surface area contributed by atoms with Crippen LogP contribution in [0.25, 0.3) is 0 Å². The Labute approximate surface area is 172 Å². The molecule has 0 spiro atoms. The van der Waals surface area contributed by atoms with Crippen LogP contribution in [0.3, 0.4) is 0 Å². The molecule has 0 radical (unpaired) electrons. The van der Waals surface area contributed by atoms with Crippen LogP contribution in [-0.2, 0) is 19.7 Å². The summed E-state index contributed by atoms with van der Waals surface area (Å²) >= 11 is 0. The Morgan fingerprint density at radius 1 is 1.03 bits per heavy atom. The molecule has 1 aliphatic heterocycles. The molecule has 1 aliphatic rings. The van der Waals surface area contributed by atoms with Gasteiger partial charge in [-0.1, -0.05) is 44.7 Å². The largest absolute Gasteiger partial charge is 0.491 e. The van der Waals surface area contributed by atoms with Crippen molar-refractivity contribution >= 4 is 5.97 Å². The molecule has 1 unspecified atom stereocenters. The number of rotatable bonds is 10. The number of ether oxygens (including phenoxy) is 4. The summed E-state index contributed by atoms with van der Waals surface area (Å²) in [6.07, 6.45) is 1.14. The molecular weight excluding hydrogens is 368 g/mol. The average Bonchev–Trinajstić information content (AvgIpc) is 3.47. The normalized spacial score (nSPS) is 18.0. The Morgan fingerprint density at radius 3 is 2.03 bits per heavy atom. The van der Waals surface area contributed by atoms with Crippen molar-refractivity contribution in [2.24, 2.45) is 0 Å². The highest BCUT2D eigenvalue weighted by Gasteiger charge is 2.40. The molecule has 0 aromatic heterocycles. The fourth-order valence-electron chi connectivity index (χ4n) is 2.91. The molecule has 5 heteroatoms. The Morgan fingerprint density at radius 2 is 1.55 bits per heavy atom. The highest BCUT2D eigenvalue weighted by molar-refractivity contribution is 5.81. The van der Waals surface area contributed by atoms with Crippen molar-refractivity contribution in [1.29, 1.82) is 0 Å². The SMILES string of the molecule is C=CC(=O)OCCOc1ccc(C(C)(C)c2ccc(OCC3(C)CO3)cc2)cc1. The van der Waals surface area contributed by atoms with E-state index in [4.69, 9.17) is 18.9 Å². The average molecular weight is 396 g/mol. The van der Waals surface area contributed by atoms with Gasteiger partial charge in [-0.05, 0) is 42.3 Å². The van der Waals surface area contributed by atoms with Gasteiger partial charge in [0.25, 0.3) is 0 Å². The maximum absolute atomic E-state index is 11.0. The molecule has 0 bridgehead atoms. The predicted octanol–water partition coefficient (Wildman–Crippen LogP) is 4.29. The van der Waals surface area contributed by atoms with Crippen LogP contribution in [0, 0.1) is 0 Å². The Hall–Kier alpha value is -2.79. The van der Waals surface area contributed by atoms with Gasteiger partial charge in [-0.15, -0.1) is 0 Å². The summed E-state index contributed by atoms with van der Waals surface area (Å²) < 4.78 is 21.7. The van der Waals surface area contributed by atoms with Gasteiger partial charge >= 0.3 is 5.97 Å². The number of epoxide rings is 1. The van der Waals surface area contributed by atoms with Crippen LogP contribution in [-0.4, -0.2) is 38.0 Å². The number of carbonyl (C=O) groups is 1. The quantitative estimate of drug-likeness (QED) is 0.260. The van der Waals surface area contributed by atoms with Gasteiger partial charge in [-0.3, -0.25) is 0 Å². The van der Waals surface area contributed by atoms with Crippen molar-refractivity contribution in [2.75, 3.05) is 26.4 Å². The summed E-state index contributed by atoms with van der Waals surface area (Å²) in [5.41, 5.74) is 2.09. The summed E-state index contributed by atoms with van der Waals surface area (Å²) in [5.74, 6) is 1.14. The van der Waals surface area contributed by atoms with E-state index < -0.39 is 5.97 Å². The van der Waals surface area contributed by atoms with Crippen LogP contribution in [0.15, 0.2) is 61.2 Å². The van der Waals surface area contributed by atoms with Gasteiger partial charge in [0.2, 0.25) is 0 Å². The predicted molar refractivity (Wildman–Crippen MR) is 112 cm³/mol. The van der Waals surface area contributed by atoms with Crippen LogP contribution in [0.1, 0.15) is 31.9 Å². The van der Waals surface area contributed by atoms with Crippen LogP contribution >= 0.6 is 0 Å². The van der Waals surface area contributed by atoms with Gasteiger partial charge in [-0.2, -0.15) is 0 Å². The lowest BCUT2D eigenvalue weighted by atomic mass is 9.78. The monoisotopic (exact) mass is 396 g/mol. The zero-order chi connectivity index (χ0) is 20.9. The Bertz CT molecular complexity index is 833. The first-order chi connectivity index (χ1) is 13.8. The second-order valence-electron chi connectivity index (χ2n) is 7.92. The lowest BCUT2D eigenvalue weighted by molar-refractivity contribution is -0.138. The molecule has 3 rings (SSSR count). The number of benzene rings is 2. The Kier molecular flexibility index (Phi) is 6.28. The van der Waals surface area contributed by atoms with Gasteiger partial charge < -0.3 is 18.9 Å². The van der Waals surface area contributed by atoms with E-state index in [2.05, 4.69) is 44.7 Å². The van der Waals surface area contributed by atoms with Crippen LogP contribution < -0.4 is 9.47 Å². The van der Waals surface area contributed by atoms with Crippen LogP contribution in [0.4, 0.5) is 0 Å². The molecule has 2 aromatic carbocycles. The molecule has 1 fully saturated rings. The number of hydrogen-bond donors (Lipinski definition) is 0. The minimum atomic E-state index is -0.447. The minimum Gasteiger partial charge on any atom is -0.491 e.